The fourth-order valence-corrected chi connectivity index (χ4v) is 8.80. The highest BCUT2D eigenvalue weighted by atomic mass is 16.5. The normalized spacial score (nSPS) is 14.2. The number of likely N-dealkylation sites (N-methyl/N-ethyl adjacent to an activating group) is 1. The predicted molar refractivity (Wildman–Crippen MR) is 261 cm³/mol. The van der Waals surface area contributed by atoms with Gasteiger partial charge in [0.1, 0.15) is 13.1 Å². The quantitative estimate of drug-likeness (QED) is 0.0473. The van der Waals surface area contributed by atoms with Gasteiger partial charge in [0.05, 0.1) is 51.7 Å². The minimum absolute atomic E-state index is 0.0534. The van der Waals surface area contributed by atoms with E-state index in [9.17, 15) is 10.2 Å². The fourth-order valence-electron chi connectivity index (χ4n) is 8.80. The lowest BCUT2D eigenvalue weighted by molar-refractivity contribution is -0.891. The Hall–Kier alpha value is -0.200. The monoisotopic (exact) mass is 839 g/mol. The number of unbranched alkanes of at least 4 members (excludes halogenated alkanes) is 32. The van der Waals surface area contributed by atoms with Gasteiger partial charge in [-0.1, -0.05) is 259 Å². The Kier molecular flexibility index (Phi) is 45.7. The molecule has 0 heterocycles. The van der Waals surface area contributed by atoms with E-state index in [-0.39, 0.29) is 24.4 Å². The lowest BCUT2D eigenvalue weighted by Gasteiger charge is -2.32. The van der Waals surface area contributed by atoms with Gasteiger partial charge in [0, 0.05) is 0 Å². The predicted octanol–water partition coefficient (Wildman–Crippen LogP) is 16.2. The third-order valence-electron chi connectivity index (χ3n) is 13.3. The van der Waals surface area contributed by atoms with Gasteiger partial charge in [-0.3, -0.25) is 0 Å². The lowest BCUT2D eigenvalue weighted by atomic mass is 9.99. The van der Waals surface area contributed by atoms with E-state index in [0.29, 0.717) is 13.2 Å². The van der Waals surface area contributed by atoms with E-state index in [0.717, 1.165) is 68.9 Å². The molecule has 5 nitrogen and oxygen atoms in total. The first-order chi connectivity index (χ1) is 28.8. The van der Waals surface area contributed by atoms with Crippen molar-refractivity contribution in [2.45, 2.75) is 309 Å². The topological polar surface area (TPSA) is 58.9 Å². The van der Waals surface area contributed by atoms with E-state index in [1.54, 1.807) is 0 Å². The van der Waals surface area contributed by atoms with E-state index in [1.807, 2.05) is 0 Å². The van der Waals surface area contributed by atoms with Crippen LogP contribution in [-0.2, 0) is 9.47 Å². The van der Waals surface area contributed by atoms with Gasteiger partial charge in [0.2, 0.25) is 0 Å². The Morgan fingerprint density at radius 1 is 0.305 bits per heavy atom. The molecule has 0 saturated carbocycles. The molecule has 0 fully saturated rings. The fraction of sp³-hybridized carbons (Fsp3) is 1.00. The molecular weight excluding hydrogens is 727 g/mol. The highest BCUT2D eigenvalue weighted by molar-refractivity contribution is 4.72. The number of rotatable bonds is 50. The first kappa shape index (κ1) is 58.8. The second-order valence-electron chi connectivity index (χ2n) is 19.8. The summed E-state index contributed by atoms with van der Waals surface area (Å²) in [5, 5.41) is 22.6. The smallest absolute Gasteiger partial charge is 0.102 e. The molecule has 0 rings (SSSR count). The van der Waals surface area contributed by atoms with Gasteiger partial charge in [0.15, 0.2) is 0 Å². The van der Waals surface area contributed by atoms with Gasteiger partial charge >= 0.3 is 0 Å². The minimum Gasteiger partial charge on any atom is -0.390 e. The van der Waals surface area contributed by atoms with Crippen molar-refractivity contribution in [3.8, 4) is 0 Å². The molecule has 59 heavy (non-hydrogen) atoms. The van der Waals surface area contributed by atoms with E-state index in [1.165, 1.54) is 205 Å². The second-order valence-corrected chi connectivity index (χ2v) is 19.8. The number of nitrogens with zero attached hydrogens (tertiary/aromatic N) is 1. The first-order valence-electron chi connectivity index (χ1n) is 27.2. The van der Waals surface area contributed by atoms with Crippen molar-refractivity contribution in [3.05, 3.63) is 0 Å². The Morgan fingerprint density at radius 2 is 0.508 bits per heavy atom. The molecule has 2 N–H and O–H groups in total. The summed E-state index contributed by atoms with van der Waals surface area (Å²) in [5.74, 6) is 0. The number of aliphatic hydroxyl groups is 2. The van der Waals surface area contributed by atoms with Crippen molar-refractivity contribution in [2.24, 2.45) is 0 Å². The Balaban J connectivity index is 4.72. The maximum atomic E-state index is 11.3. The summed E-state index contributed by atoms with van der Waals surface area (Å²) in [5.41, 5.74) is 0. The van der Waals surface area contributed by atoms with Crippen molar-refractivity contribution in [2.75, 3.05) is 40.4 Å². The average molecular weight is 839 g/mol. The zero-order valence-corrected chi connectivity index (χ0v) is 41.6. The van der Waals surface area contributed by atoms with Crippen molar-refractivity contribution >= 4 is 0 Å². The molecule has 0 aliphatic carbocycles. The van der Waals surface area contributed by atoms with Crippen molar-refractivity contribution in [1.82, 2.24) is 0 Å². The van der Waals surface area contributed by atoms with Crippen molar-refractivity contribution < 1.29 is 24.2 Å². The Bertz CT molecular complexity index is 730. The summed E-state index contributed by atoms with van der Waals surface area (Å²) in [6.45, 7) is 12.3. The number of quaternary nitrogens is 1. The summed E-state index contributed by atoms with van der Waals surface area (Å²) in [6, 6.07) is 0. The zero-order chi connectivity index (χ0) is 43.3. The summed E-state index contributed by atoms with van der Waals surface area (Å²) in [7, 11) is 4.56. The molecule has 5 heteroatoms. The van der Waals surface area contributed by atoms with E-state index < -0.39 is 0 Å². The van der Waals surface area contributed by atoms with Crippen LogP contribution in [0.25, 0.3) is 0 Å². The SMILES string of the molecule is CCCCCCCCCCCCCCC(O)C(CCCCCCCC)OCC[N+](C)(C)CCOC(CCCCCCCC)C(O)CCCCCCCCCCCCCC. The highest BCUT2D eigenvalue weighted by Gasteiger charge is 2.24. The van der Waals surface area contributed by atoms with E-state index >= 15 is 0 Å². The molecule has 0 aromatic carbocycles. The molecule has 0 amide bonds. The molecule has 0 bridgehead atoms. The maximum absolute atomic E-state index is 11.3. The van der Waals surface area contributed by atoms with Gasteiger partial charge in [-0.25, -0.2) is 0 Å². The number of hydrogen-bond donors (Lipinski definition) is 2. The van der Waals surface area contributed by atoms with Crippen LogP contribution in [0.15, 0.2) is 0 Å². The maximum Gasteiger partial charge on any atom is 0.102 e. The molecule has 0 aliphatic heterocycles. The zero-order valence-electron chi connectivity index (χ0n) is 41.6. The second kappa shape index (κ2) is 45.8. The number of aliphatic hydroxyl groups excluding tert-OH is 2. The molecule has 0 saturated heterocycles. The molecule has 0 aromatic rings. The molecule has 0 aromatic heterocycles. The van der Waals surface area contributed by atoms with Crippen LogP contribution in [0.4, 0.5) is 0 Å². The molecule has 0 aliphatic rings. The van der Waals surface area contributed by atoms with Gasteiger partial charge in [-0.15, -0.1) is 0 Å². The first-order valence-corrected chi connectivity index (χ1v) is 27.2. The Morgan fingerprint density at radius 3 is 0.746 bits per heavy atom. The van der Waals surface area contributed by atoms with Crippen LogP contribution in [0.5, 0.6) is 0 Å². The molecule has 4 unspecified atom stereocenters. The Labute approximate surface area is 372 Å². The van der Waals surface area contributed by atoms with Crippen LogP contribution >= 0.6 is 0 Å². The van der Waals surface area contributed by atoms with Crippen molar-refractivity contribution in [1.29, 1.82) is 0 Å². The van der Waals surface area contributed by atoms with Crippen LogP contribution in [0.2, 0.25) is 0 Å². The molecule has 4 atom stereocenters. The van der Waals surface area contributed by atoms with Crippen LogP contribution in [-0.4, -0.2) is 79.5 Å². The van der Waals surface area contributed by atoms with Crippen molar-refractivity contribution in [3.63, 3.8) is 0 Å². The average Bonchev–Trinajstić information content (AvgIpc) is 3.22. The van der Waals surface area contributed by atoms with E-state index in [2.05, 4.69) is 41.8 Å². The summed E-state index contributed by atoms with van der Waals surface area (Å²) < 4.78 is 13.9. The van der Waals surface area contributed by atoms with Gasteiger partial charge < -0.3 is 24.2 Å². The lowest BCUT2D eigenvalue weighted by Crippen LogP contribution is -2.46. The molecule has 0 spiro atoms. The van der Waals surface area contributed by atoms with Gasteiger partial charge in [0.25, 0.3) is 0 Å². The van der Waals surface area contributed by atoms with Crippen LogP contribution in [0.1, 0.15) is 285 Å². The van der Waals surface area contributed by atoms with Gasteiger partial charge in [-0.05, 0) is 25.7 Å². The van der Waals surface area contributed by atoms with E-state index in [4.69, 9.17) is 9.47 Å². The molecule has 356 valence electrons. The summed E-state index contributed by atoms with van der Waals surface area (Å²) >= 11 is 0. The number of hydrogen-bond acceptors (Lipinski definition) is 4. The molecule has 0 radical (unpaired) electrons. The summed E-state index contributed by atoms with van der Waals surface area (Å²) in [4.78, 5) is 0. The minimum atomic E-state index is -0.359. The largest absolute Gasteiger partial charge is 0.390 e. The highest BCUT2D eigenvalue weighted by Crippen LogP contribution is 2.21. The third kappa shape index (κ3) is 41.6. The van der Waals surface area contributed by atoms with Crippen LogP contribution < -0.4 is 0 Å². The van der Waals surface area contributed by atoms with Crippen LogP contribution in [0, 0.1) is 0 Å². The standard InChI is InChI=1S/C54H112NO4/c1-7-11-15-19-23-25-27-29-31-33-35-39-43-51(56)53(45-41-37-21-17-13-9-3)58-49-47-55(5,6)48-50-59-54(46-42-38-22-18-14-10-4)52(57)44-40-36-34-32-30-28-26-24-20-16-12-8-2/h51-54,56-57H,7-50H2,1-6H3/q+1. The number of ether oxygens (including phenoxy) is 2. The molecular formula is C54H112NO4+. The summed E-state index contributed by atoms with van der Waals surface area (Å²) in [6.07, 6.45) is 50.4. The van der Waals surface area contributed by atoms with Gasteiger partial charge in [-0.2, -0.15) is 0 Å². The van der Waals surface area contributed by atoms with Crippen LogP contribution in [0.3, 0.4) is 0 Å². The third-order valence-corrected chi connectivity index (χ3v) is 13.3.